The first kappa shape index (κ1) is 11.2. The molecule has 1 rings (SSSR count). The summed E-state index contributed by atoms with van der Waals surface area (Å²) in [6.45, 7) is 3.78. The van der Waals surface area contributed by atoms with Gasteiger partial charge in [-0.3, -0.25) is 0 Å². The van der Waals surface area contributed by atoms with Crippen LogP contribution in [0.3, 0.4) is 0 Å². The Morgan fingerprint density at radius 2 is 1.86 bits per heavy atom. The summed E-state index contributed by atoms with van der Waals surface area (Å²) in [7, 11) is 4.09. The first-order valence-corrected chi connectivity index (χ1v) is 5.50. The molecule has 0 unspecified atom stereocenters. The quantitative estimate of drug-likeness (QED) is 0.545. The number of ether oxygens (including phenoxy) is 2. The maximum atomic E-state index is 5.41. The van der Waals surface area contributed by atoms with Crippen molar-refractivity contribution in [2.45, 2.75) is 5.41 Å². The molecule has 76 valence electrons. The first-order chi connectivity index (χ1) is 6.68. The number of hydrogen-bond donors (Lipinski definition) is 0. The number of rotatable bonds is 4. The molecule has 0 fully saturated rings. The molecule has 0 aliphatic carbocycles. The summed E-state index contributed by atoms with van der Waals surface area (Å²) in [6, 6.07) is 7.98. The molecule has 0 heterocycles. The van der Waals surface area contributed by atoms with Crippen LogP contribution in [0.15, 0.2) is 30.8 Å². The van der Waals surface area contributed by atoms with Crippen molar-refractivity contribution in [3.8, 4) is 0 Å². The van der Waals surface area contributed by atoms with Gasteiger partial charge in [-0.25, -0.2) is 0 Å². The second kappa shape index (κ2) is 4.55. The Hall–Kier alpha value is -0.903. The van der Waals surface area contributed by atoms with Crippen LogP contribution in [0, 0.1) is 0 Å². The van der Waals surface area contributed by atoms with E-state index in [0.29, 0.717) is 0 Å². The molecule has 0 spiro atoms. The zero-order valence-corrected chi connectivity index (χ0v) is 10.9. The maximum Gasteiger partial charge on any atom is 0.166 e. The lowest BCUT2D eigenvalue weighted by atomic mass is 10.1. The molecular formula is C11H16O2Si. The Balaban J connectivity index is 3.22. The molecule has 1 aromatic carbocycles. The van der Waals surface area contributed by atoms with E-state index in [9.17, 15) is 0 Å². The van der Waals surface area contributed by atoms with E-state index >= 15 is 0 Å². The van der Waals surface area contributed by atoms with Crippen LogP contribution in [0.5, 0.6) is 0 Å². The van der Waals surface area contributed by atoms with E-state index in [1.165, 1.54) is 0 Å². The summed E-state index contributed by atoms with van der Waals surface area (Å²) in [5, 5.41) is 0. The molecule has 1 aromatic rings. The van der Waals surface area contributed by atoms with Gasteiger partial charge in [0.15, 0.2) is 5.41 Å². The highest BCUT2D eigenvalue weighted by molar-refractivity contribution is 6.14. The predicted octanol–water partition coefficient (Wildman–Crippen LogP) is 1.10. The van der Waals surface area contributed by atoms with Crippen LogP contribution in [0.25, 0.3) is 6.08 Å². The second-order valence-electron chi connectivity index (χ2n) is 3.15. The van der Waals surface area contributed by atoms with Crippen molar-refractivity contribution in [2.75, 3.05) is 14.2 Å². The van der Waals surface area contributed by atoms with Crippen molar-refractivity contribution in [1.29, 1.82) is 0 Å². The normalized spacial score (nSPS) is 11.6. The molecular weight excluding hydrogens is 192 g/mol. The van der Waals surface area contributed by atoms with E-state index in [2.05, 4.69) is 6.58 Å². The zero-order valence-electron chi connectivity index (χ0n) is 8.91. The topological polar surface area (TPSA) is 18.5 Å². The largest absolute Gasteiger partial charge is 0.354 e. The zero-order chi connectivity index (χ0) is 10.6. The van der Waals surface area contributed by atoms with E-state index in [4.69, 9.17) is 9.47 Å². The summed E-state index contributed by atoms with van der Waals surface area (Å²) in [5.74, 6) is 0. The van der Waals surface area contributed by atoms with Gasteiger partial charge in [0.1, 0.15) is 0 Å². The van der Waals surface area contributed by atoms with Gasteiger partial charge < -0.3 is 9.47 Å². The molecule has 0 atom stereocenters. The number of methoxy groups -OCH3 is 2. The molecule has 0 bridgehead atoms. The number of benzene rings is 1. The molecule has 14 heavy (non-hydrogen) atoms. The average Bonchev–Trinajstić information content (AvgIpc) is 2.28. The van der Waals surface area contributed by atoms with Crippen LogP contribution in [0.1, 0.15) is 11.1 Å². The highest BCUT2D eigenvalue weighted by Crippen LogP contribution is 2.26. The maximum absolute atomic E-state index is 5.41. The minimum atomic E-state index is -0.565. The summed E-state index contributed by atoms with van der Waals surface area (Å²) in [4.78, 5) is 0. The lowest BCUT2D eigenvalue weighted by Crippen LogP contribution is -2.31. The lowest BCUT2D eigenvalue weighted by Gasteiger charge is -2.28. The fourth-order valence-corrected chi connectivity index (χ4v) is 1.85. The second-order valence-corrected chi connectivity index (χ2v) is 4.46. The van der Waals surface area contributed by atoms with Crippen LogP contribution in [0.4, 0.5) is 0 Å². The summed E-state index contributed by atoms with van der Waals surface area (Å²) < 4.78 is 10.8. The van der Waals surface area contributed by atoms with Gasteiger partial charge >= 0.3 is 0 Å². The lowest BCUT2D eigenvalue weighted by molar-refractivity contribution is -0.148. The van der Waals surface area contributed by atoms with E-state index in [0.717, 1.165) is 21.4 Å². The SMILES string of the molecule is C=Cc1ccccc1C([SiH3])(OC)OC. The Morgan fingerprint density at radius 1 is 1.29 bits per heavy atom. The van der Waals surface area contributed by atoms with Gasteiger partial charge in [0, 0.05) is 19.8 Å². The van der Waals surface area contributed by atoms with Crippen LogP contribution in [-0.4, -0.2) is 24.5 Å². The van der Waals surface area contributed by atoms with Crippen molar-refractivity contribution in [2.24, 2.45) is 0 Å². The highest BCUT2D eigenvalue weighted by atomic mass is 28.1. The standard InChI is InChI=1S/C11H16O2Si/c1-4-9-7-5-6-8-10(9)11(14,12-2)13-3/h4-8H,1H2,2-3,14H3. The van der Waals surface area contributed by atoms with Crippen molar-refractivity contribution >= 4 is 16.3 Å². The van der Waals surface area contributed by atoms with Crippen LogP contribution >= 0.6 is 0 Å². The van der Waals surface area contributed by atoms with Gasteiger partial charge in [-0.2, -0.15) is 0 Å². The third-order valence-electron chi connectivity index (χ3n) is 2.45. The third-order valence-corrected chi connectivity index (χ3v) is 3.80. The van der Waals surface area contributed by atoms with Crippen LogP contribution < -0.4 is 0 Å². The molecule has 0 aliphatic rings. The fraction of sp³-hybridized carbons (Fsp3) is 0.273. The minimum Gasteiger partial charge on any atom is -0.354 e. The van der Waals surface area contributed by atoms with Gasteiger partial charge in [0.05, 0.1) is 10.2 Å². The van der Waals surface area contributed by atoms with Crippen LogP contribution in [0.2, 0.25) is 0 Å². The molecule has 0 aliphatic heterocycles. The molecule has 2 nitrogen and oxygen atoms in total. The Bertz CT molecular complexity index is 319. The van der Waals surface area contributed by atoms with Crippen molar-refractivity contribution < 1.29 is 9.47 Å². The summed E-state index contributed by atoms with van der Waals surface area (Å²) in [6.07, 6.45) is 1.82. The first-order valence-electron chi connectivity index (χ1n) is 4.50. The molecule has 0 aromatic heterocycles. The van der Waals surface area contributed by atoms with Gasteiger partial charge in [-0.1, -0.05) is 36.9 Å². The van der Waals surface area contributed by atoms with Gasteiger partial charge in [0.25, 0.3) is 0 Å². The monoisotopic (exact) mass is 208 g/mol. The van der Waals surface area contributed by atoms with Gasteiger partial charge in [0.2, 0.25) is 0 Å². The molecule has 0 saturated carbocycles. The molecule has 0 saturated heterocycles. The Labute approximate surface area is 88.0 Å². The Kier molecular flexibility index (Phi) is 3.63. The number of hydrogen-bond acceptors (Lipinski definition) is 2. The molecule has 0 radical (unpaired) electrons. The van der Waals surface area contributed by atoms with Gasteiger partial charge in [-0.05, 0) is 5.56 Å². The predicted molar refractivity (Wildman–Crippen MR) is 62.2 cm³/mol. The van der Waals surface area contributed by atoms with Crippen molar-refractivity contribution in [3.63, 3.8) is 0 Å². The fourth-order valence-electron chi connectivity index (χ4n) is 1.39. The van der Waals surface area contributed by atoms with E-state index < -0.39 is 5.41 Å². The van der Waals surface area contributed by atoms with Crippen molar-refractivity contribution in [1.82, 2.24) is 0 Å². The molecule has 3 heteroatoms. The van der Waals surface area contributed by atoms with E-state index in [1.54, 1.807) is 14.2 Å². The summed E-state index contributed by atoms with van der Waals surface area (Å²) in [5.41, 5.74) is 1.54. The van der Waals surface area contributed by atoms with Crippen LogP contribution in [-0.2, 0) is 14.9 Å². The Morgan fingerprint density at radius 3 is 2.36 bits per heavy atom. The third kappa shape index (κ3) is 1.95. The smallest absolute Gasteiger partial charge is 0.166 e. The van der Waals surface area contributed by atoms with E-state index in [-0.39, 0.29) is 0 Å². The van der Waals surface area contributed by atoms with E-state index in [1.807, 2.05) is 30.3 Å². The summed E-state index contributed by atoms with van der Waals surface area (Å²) >= 11 is 0. The highest BCUT2D eigenvalue weighted by Gasteiger charge is 2.26. The van der Waals surface area contributed by atoms with Gasteiger partial charge in [-0.15, -0.1) is 0 Å². The van der Waals surface area contributed by atoms with Crippen molar-refractivity contribution in [3.05, 3.63) is 42.0 Å². The minimum absolute atomic E-state index is 0.565. The average molecular weight is 208 g/mol. The molecule has 0 amide bonds. The molecule has 0 N–H and O–H groups in total.